The van der Waals surface area contributed by atoms with E-state index < -0.39 is 28.5 Å². The van der Waals surface area contributed by atoms with Crippen molar-refractivity contribution >= 4 is 29.2 Å². The van der Waals surface area contributed by atoms with Crippen LogP contribution in [0.3, 0.4) is 0 Å². The third-order valence-corrected chi connectivity index (χ3v) is 2.80. The quantitative estimate of drug-likeness (QED) is 0.433. The molecule has 0 spiro atoms. The first-order chi connectivity index (χ1) is 9.86. The molecule has 1 unspecified atom stereocenters. The van der Waals surface area contributed by atoms with Crippen LogP contribution in [0.25, 0.3) is 0 Å². The van der Waals surface area contributed by atoms with Crippen LogP contribution in [0.15, 0.2) is 12.3 Å². The maximum Gasteiger partial charge on any atom is 0.326 e. The van der Waals surface area contributed by atoms with Crippen molar-refractivity contribution in [3.05, 3.63) is 33.1 Å². The van der Waals surface area contributed by atoms with Gasteiger partial charge in [0.25, 0.3) is 11.6 Å². The highest BCUT2D eigenvalue weighted by molar-refractivity contribution is 6.32. The number of carboxylic acids is 1. The predicted octanol–water partition coefficient (Wildman–Crippen LogP) is 0.863. The van der Waals surface area contributed by atoms with Gasteiger partial charge < -0.3 is 15.2 Å². The topological polar surface area (TPSA) is 132 Å². The minimum Gasteiger partial charge on any atom is -0.480 e. The Hall–Kier alpha value is -2.26. The minimum absolute atomic E-state index is 0.0392. The molecular formula is C11H12ClN3O6. The summed E-state index contributed by atoms with van der Waals surface area (Å²) in [7, 11) is 1.39. The minimum atomic E-state index is -1.25. The molecule has 1 heterocycles. The van der Waals surface area contributed by atoms with E-state index in [-0.39, 0.29) is 23.7 Å². The van der Waals surface area contributed by atoms with Crippen molar-refractivity contribution in [2.75, 3.05) is 13.7 Å². The van der Waals surface area contributed by atoms with Gasteiger partial charge in [0.2, 0.25) is 0 Å². The molecule has 0 aromatic carbocycles. The molecular weight excluding hydrogens is 306 g/mol. The van der Waals surface area contributed by atoms with Crippen LogP contribution in [0, 0.1) is 10.1 Å². The van der Waals surface area contributed by atoms with Gasteiger partial charge in [-0.1, -0.05) is 11.6 Å². The molecule has 1 amide bonds. The molecule has 10 heteroatoms. The van der Waals surface area contributed by atoms with E-state index in [1.54, 1.807) is 0 Å². The maximum absolute atomic E-state index is 12.0. The molecule has 0 radical (unpaired) electrons. The Bertz CT molecular complexity index is 565. The summed E-state index contributed by atoms with van der Waals surface area (Å²) >= 11 is 5.70. The predicted molar refractivity (Wildman–Crippen MR) is 71.3 cm³/mol. The van der Waals surface area contributed by atoms with Crippen LogP contribution in [0.1, 0.15) is 16.8 Å². The highest BCUT2D eigenvalue weighted by Crippen LogP contribution is 2.19. The van der Waals surface area contributed by atoms with Gasteiger partial charge in [0.05, 0.1) is 10.5 Å². The fraction of sp³-hybridized carbons (Fsp3) is 0.364. The number of hydrogen-bond acceptors (Lipinski definition) is 6. The van der Waals surface area contributed by atoms with E-state index in [1.807, 2.05) is 0 Å². The first-order valence-electron chi connectivity index (χ1n) is 5.69. The number of carbonyl (C=O) groups excluding carboxylic acids is 1. The van der Waals surface area contributed by atoms with Crippen LogP contribution >= 0.6 is 11.6 Å². The number of nitrogens with zero attached hydrogens (tertiary/aromatic N) is 2. The zero-order valence-electron chi connectivity index (χ0n) is 10.9. The second kappa shape index (κ2) is 7.50. The lowest BCUT2D eigenvalue weighted by Gasteiger charge is -2.14. The number of pyridine rings is 1. The number of nitrogens with one attached hydrogen (secondary N) is 1. The van der Waals surface area contributed by atoms with E-state index in [2.05, 4.69) is 10.3 Å². The van der Waals surface area contributed by atoms with Crippen molar-refractivity contribution in [1.82, 2.24) is 10.3 Å². The Morgan fingerprint density at radius 1 is 1.62 bits per heavy atom. The molecule has 1 rings (SSSR count). The monoisotopic (exact) mass is 317 g/mol. The molecule has 0 saturated heterocycles. The summed E-state index contributed by atoms with van der Waals surface area (Å²) in [5, 5.41) is 21.6. The molecule has 1 aromatic rings. The van der Waals surface area contributed by atoms with Gasteiger partial charge in [-0.3, -0.25) is 14.9 Å². The standard InChI is InChI=1S/C11H12ClN3O6/c1-21-3-2-8(11(17)18)14-10(16)7-4-6(15(19)20)5-13-9(7)12/h4-5,8H,2-3H2,1H3,(H,14,16)(H,17,18). The summed E-state index contributed by atoms with van der Waals surface area (Å²) in [6, 6.07) is -0.271. The molecule has 0 fully saturated rings. The van der Waals surface area contributed by atoms with Crippen molar-refractivity contribution in [3.8, 4) is 0 Å². The number of aliphatic carboxylic acids is 1. The first-order valence-corrected chi connectivity index (χ1v) is 6.07. The normalized spacial score (nSPS) is 11.7. The maximum atomic E-state index is 12.0. The van der Waals surface area contributed by atoms with Gasteiger partial charge >= 0.3 is 5.97 Å². The molecule has 2 N–H and O–H groups in total. The van der Waals surface area contributed by atoms with Crippen LogP contribution < -0.4 is 5.32 Å². The summed E-state index contributed by atoms with van der Waals surface area (Å²) in [4.78, 5) is 36.4. The molecule has 1 atom stereocenters. The summed E-state index contributed by atoms with van der Waals surface area (Å²) in [6.07, 6.45) is 0.941. The lowest BCUT2D eigenvalue weighted by molar-refractivity contribution is -0.385. The van der Waals surface area contributed by atoms with Crippen molar-refractivity contribution in [3.63, 3.8) is 0 Å². The molecule has 0 saturated carbocycles. The molecule has 21 heavy (non-hydrogen) atoms. The van der Waals surface area contributed by atoms with Crippen molar-refractivity contribution in [2.45, 2.75) is 12.5 Å². The SMILES string of the molecule is COCCC(NC(=O)c1cc([N+](=O)[O-])cnc1Cl)C(=O)O. The van der Waals surface area contributed by atoms with Gasteiger partial charge in [-0.15, -0.1) is 0 Å². The van der Waals surface area contributed by atoms with Crippen molar-refractivity contribution in [1.29, 1.82) is 0 Å². The third-order valence-electron chi connectivity index (χ3n) is 2.49. The third kappa shape index (κ3) is 4.65. The number of hydrogen-bond donors (Lipinski definition) is 2. The largest absolute Gasteiger partial charge is 0.480 e. The lowest BCUT2D eigenvalue weighted by atomic mass is 10.2. The van der Waals surface area contributed by atoms with Crippen molar-refractivity contribution < 1.29 is 24.4 Å². The number of rotatable bonds is 7. The van der Waals surface area contributed by atoms with Crippen LogP contribution in [0.5, 0.6) is 0 Å². The number of aromatic nitrogens is 1. The van der Waals surface area contributed by atoms with Gasteiger partial charge in [-0.2, -0.15) is 0 Å². The van der Waals surface area contributed by atoms with Gasteiger partial charge in [-0.05, 0) is 0 Å². The Labute approximate surface area is 124 Å². The number of carbonyl (C=O) groups is 2. The van der Waals surface area contributed by atoms with E-state index in [9.17, 15) is 19.7 Å². The van der Waals surface area contributed by atoms with Crippen LogP contribution in [-0.4, -0.2) is 46.6 Å². The number of ether oxygens (including phenoxy) is 1. The van der Waals surface area contributed by atoms with Gasteiger partial charge in [0.1, 0.15) is 17.4 Å². The molecule has 9 nitrogen and oxygen atoms in total. The van der Waals surface area contributed by atoms with Gasteiger partial charge in [0, 0.05) is 26.2 Å². The highest BCUT2D eigenvalue weighted by atomic mass is 35.5. The second-order valence-electron chi connectivity index (χ2n) is 3.93. The summed E-state index contributed by atoms with van der Waals surface area (Å²) in [5.74, 6) is -2.12. The number of methoxy groups -OCH3 is 1. The fourth-order valence-corrected chi connectivity index (χ4v) is 1.61. The Kier molecular flexibility index (Phi) is 6.00. The number of carboxylic acid groups (broad SMARTS) is 1. The molecule has 0 aliphatic rings. The lowest BCUT2D eigenvalue weighted by Crippen LogP contribution is -2.41. The average Bonchev–Trinajstić information content (AvgIpc) is 2.42. The Balaban J connectivity index is 2.94. The molecule has 1 aromatic heterocycles. The first kappa shape index (κ1) is 16.8. The van der Waals surface area contributed by atoms with E-state index in [0.29, 0.717) is 0 Å². The van der Waals surface area contributed by atoms with Crippen LogP contribution in [-0.2, 0) is 9.53 Å². The molecule has 0 aliphatic heterocycles. The second-order valence-corrected chi connectivity index (χ2v) is 4.29. The molecule has 0 aliphatic carbocycles. The van der Waals surface area contributed by atoms with Gasteiger partial charge in [0.15, 0.2) is 0 Å². The van der Waals surface area contributed by atoms with Crippen LogP contribution in [0.4, 0.5) is 5.69 Å². The summed E-state index contributed by atoms with van der Waals surface area (Å²) in [5.41, 5.74) is -0.692. The number of nitro groups is 1. The number of amides is 1. The smallest absolute Gasteiger partial charge is 0.326 e. The summed E-state index contributed by atoms with van der Waals surface area (Å²) in [6.45, 7) is 0.123. The fourth-order valence-electron chi connectivity index (χ4n) is 1.43. The zero-order valence-corrected chi connectivity index (χ0v) is 11.7. The van der Waals surface area contributed by atoms with Crippen LogP contribution in [0.2, 0.25) is 5.15 Å². The summed E-state index contributed by atoms with van der Waals surface area (Å²) < 4.78 is 4.74. The van der Waals surface area contributed by atoms with E-state index in [1.165, 1.54) is 7.11 Å². The molecule has 114 valence electrons. The van der Waals surface area contributed by atoms with Crippen molar-refractivity contribution in [2.24, 2.45) is 0 Å². The van der Waals surface area contributed by atoms with E-state index >= 15 is 0 Å². The Morgan fingerprint density at radius 2 is 2.29 bits per heavy atom. The van der Waals surface area contributed by atoms with E-state index in [4.69, 9.17) is 21.4 Å². The molecule has 0 bridgehead atoms. The zero-order chi connectivity index (χ0) is 16.0. The average molecular weight is 318 g/mol. The number of halogens is 1. The van der Waals surface area contributed by atoms with E-state index in [0.717, 1.165) is 12.3 Å². The highest BCUT2D eigenvalue weighted by Gasteiger charge is 2.23. The van der Waals surface area contributed by atoms with Gasteiger partial charge in [-0.25, -0.2) is 9.78 Å². The Morgan fingerprint density at radius 3 is 2.81 bits per heavy atom.